The highest BCUT2D eigenvalue weighted by molar-refractivity contribution is 7.21. The molecule has 1 aromatic heterocycles. The largest absolute Gasteiger partial charge is 0.495 e. The molecular weight excluding hydrogens is 414 g/mol. The van der Waals surface area contributed by atoms with Gasteiger partial charge in [0.25, 0.3) is 5.69 Å². The molecule has 4 rings (SSSR count). The number of ether oxygens (including phenoxy) is 1. The minimum atomic E-state index is -0.476. The van der Waals surface area contributed by atoms with Crippen molar-refractivity contribution in [2.45, 2.75) is 0 Å². The summed E-state index contributed by atoms with van der Waals surface area (Å²) in [4.78, 5) is 27.5. The number of nitro groups is 1. The van der Waals surface area contributed by atoms with Crippen molar-refractivity contribution in [2.24, 2.45) is 0 Å². The summed E-state index contributed by atoms with van der Waals surface area (Å²) in [6, 6.07) is 19.4. The predicted molar refractivity (Wildman–Crippen MR) is 122 cm³/mol. The number of hydrogen-bond acceptors (Lipinski definition) is 6. The number of fused-ring (bicyclic) bond motifs is 1. The van der Waals surface area contributed by atoms with Crippen molar-refractivity contribution in [3.63, 3.8) is 0 Å². The van der Waals surface area contributed by atoms with Gasteiger partial charge < -0.3 is 10.1 Å². The maximum atomic E-state index is 12.5. The van der Waals surface area contributed by atoms with E-state index in [0.717, 1.165) is 20.8 Å². The minimum absolute atomic E-state index is 0.0345. The molecule has 154 valence electrons. The smallest absolute Gasteiger partial charge is 0.270 e. The lowest BCUT2D eigenvalue weighted by atomic mass is 10.1. The van der Waals surface area contributed by atoms with Gasteiger partial charge in [0.2, 0.25) is 5.91 Å². The molecule has 0 aliphatic heterocycles. The number of para-hydroxylation sites is 1. The maximum Gasteiger partial charge on any atom is 0.270 e. The van der Waals surface area contributed by atoms with E-state index in [1.165, 1.54) is 31.4 Å². The summed E-state index contributed by atoms with van der Waals surface area (Å²) in [6.07, 6.45) is 2.84. The van der Waals surface area contributed by atoms with Crippen LogP contribution in [0.15, 0.2) is 72.8 Å². The summed E-state index contributed by atoms with van der Waals surface area (Å²) in [5, 5.41) is 14.5. The summed E-state index contributed by atoms with van der Waals surface area (Å²) in [7, 11) is 1.53. The molecule has 0 aliphatic carbocycles. The van der Waals surface area contributed by atoms with Crippen molar-refractivity contribution in [1.82, 2.24) is 4.98 Å². The van der Waals surface area contributed by atoms with Crippen LogP contribution in [0.2, 0.25) is 0 Å². The molecule has 0 saturated heterocycles. The zero-order valence-corrected chi connectivity index (χ0v) is 17.3. The zero-order chi connectivity index (χ0) is 21.8. The van der Waals surface area contributed by atoms with Crippen molar-refractivity contribution in [2.75, 3.05) is 12.4 Å². The van der Waals surface area contributed by atoms with Gasteiger partial charge in [0.15, 0.2) is 0 Å². The molecule has 1 heterocycles. The quantitative estimate of drug-likeness (QED) is 0.246. The minimum Gasteiger partial charge on any atom is -0.495 e. The van der Waals surface area contributed by atoms with Crippen molar-refractivity contribution in [3.8, 4) is 16.3 Å². The lowest BCUT2D eigenvalue weighted by Crippen LogP contribution is -2.09. The third-order valence-electron chi connectivity index (χ3n) is 4.51. The molecule has 0 atom stereocenters. The van der Waals surface area contributed by atoms with Crippen LogP contribution in [0, 0.1) is 10.1 Å². The van der Waals surface area contributed by atoms with Crippen LogP contribution in [-0.4, -0.2) is 22.9 Å². The number of carbonyl (C=O) groups excluding carboxylic acids is 1. The van der Waals surface area contributed by atoms with E-state index in [9.17, 15) is 14.9 Å². The standard InChI is InChI=1S/C23H17N3O4S/c1-30-20-11-10-16(23-25-18-7-2-3-8-21(18)31-23)14-19(20)24-22(27)12-9-15-5-4-6-17(13-15)26(28)29/h2-14H,1H3,(H,24,27)/b12-9+. The lowest BCUT2D eigenvalue weighted by molar-refractivity contribution is -0.384. The fraction of sp³-hybridized carbons (Fsp3) is 0.0435. The van der Waals surface area contributed by atoms with Gasteiger partial charge >= 0.3 is 0 Å². The second kappa shape index (κ2) is 8.76. The lowest BCUT2D eigenvalue weighted by Gasteiger charge is -2.10. The van der Waals surface area contributed by atoms with E-state index < -0.39 is 4.92 Å². The monoisotopic (exact) mass is 431 g/mol. The number of aromatic nitrogens is 1. The van der Waals surface area contributed by atoms with Gasteiger partial charge in [-0.3, -0.25) is 14.9 Å². The number of benzene rings is 3. The Hall–Kier alpha value is -4.04. The van der Waals surface area contributed by atoms with Gasteiger partial charge in [0.1, 0.15) is 10.8 Å². The summed E-state index contributed by atoms with van der Waals surface area (Å²) in [6.45, 7) is 0. The molecule has 7 nitrogen and oxygen atoms in total. The number of thiazole rings is 1. The van der Waals surface area contributed by atoms with E-state index in [1.54, 1.807) is 29.5 Å². The third kappa shape index (κ3) is 4.59. The molecule has 3 aromatic carbocycles. The number of nitrogens with zero attached hydrogens (tertiary/aromatic N) is 2. The molecule has 8 heteroatoms. The number of hydrogen-bond donors (Lipinski definition) is 1. The molecular formula is C23H17N3O4S. The molecule has 31 heavy (non-hydrogen) atoms. The van der Waals surface area contributed by atoms with Gasteiger partial charge in [0, 0.05) is 23.8 Å². The van der Waals surface area contributed by atoms with E-state index >= 15 is 0 Å². The number of carbonyl (C=O) groups is 1. The Morgan fingerprint density at radius 2 is 1.97 bits per heavy atom. The second-order valence-electron chi connectivity index (χ2n) is 6.58. The van der Waals surface area contributed by atoms with Crippen LogP contribution in [-0.2, 0) is 4.79 Å². The number of methoxy groups -OCH3 is 1. The molecule has 1 amide bonds. The summed E-state index contributed by atoms with van der Waals surface area (Å²) >= 11 is 1.57. The molecule has 0 spiro atoms. The van der Waals surface area contributed by atoms with Crippen molar-refractivity contribution >= 4 is 44.9 Å². The van der Waals surface area contributed by atoms with Gasteiger partial charge in [-0.25, -0.2) is 4.98 Å². The average Bonchev–Trinajstić information content (AvgIpc) is 3.22. The number of nitro benzene ring substituents is 1. The Labute approximate surface area is 181 Å². The summed E-state index contributed by atoms with van der Waals surface area (Å²) < 4.78 is 6.45. The van der Waals surface area contributed by atoms with E-state index in [0.29, 0.717) is 17.0 Å². The van der Waals surface area contributed by atoms with E-state index in [1.807, 2.05) is 36.4 Å². The predicted octanol–water partition coefficient (Wildman–Crippen LogP) is 5.53. The van der Waals surface area contributed by atoms with Crippen LogP contribution in [0.1, 0.15) is 5.56 Å². The number of non-ortho nitro benzene ring substituents is 1. The van der Waals surface area contributed by atoms with E-state index in [4.69, 9.17) is 4.74 Å². The SMILES string of the molecule is COc1ccc(-c2nc3ccccc3s2)cc1NC(=O)/C=C/c1cccc([N+](=O)[O-])c1. The topological polar surface area (TPSA) is 94.4 Å². The van der Waals surface area contributed by atoms with E-state index in [2.05, 4.69) is 10.3 Å². The fourth-order valence-electron chi connectivity index (χ4n) is 3.02. The second-order valence-corrected chi connectivity index (χ2v) is 7.61. The first kappa shape index (κ1) is 20.2. The van der Waals surface area contributed by atoms with Gasteiger partial charge in [-0.05, 0) is 42.0 Å². The first-order valence-corrected chi connectivity index (χ1v) is 10.1. The Morgan fingerprint density at radius 1 is 1.13 bits per heavy atom. The highest BCUT2D eigenvalue weighted by Gasteiger charge is 2.11. The first-order valence-electron chi connectivity index (χ1n) is 9.31. The third-order valence-corrected chi connectivity index (χ3v) is 5.59. The van der Waals surface area contributed by atoms with Gasteiger partial charge in [-0.1, -0.05) is 24.3 Å². The normalized spacial score (nSPS) is 11.0. The highest BCUT2D eigenvalue weighted by atomic mass is 32.1. The molecule has 0 radical (unpaired) electrons. The van der Waals surface area contributed by atoms with Crippen LogP contribution in [0.25, 0.3) is 26.9 Å². The van der Waals surface area contributed by atoms with Gasteiger partial charge in [-0.2, -0.15) is 0 Å². The highest BCUT2D eigenvalue weighted by Crippen LogP contribution is 2.34. The molecule has 0 unspecified atom stereocenters. The van der Waals surface area contributed by atoms with Gasteiger partial charge in [0.05, 0.1) is 27.9 Å². The Kier molecular flexibility index (Phi) is 5.72. The Balaban J connectivity index is 1.57. The summed E-state index contributed by atoms with van der Waals surface area (Å²) in [5.41, 5.74) is 2.81. The van der Waals surface area contributed by atoms with E-state index in [-0.39, 0.29) is 11.6 Å². The van der Waals surface area contributed by atoms with Crippen molar-refractivity contribution in [3.05, 3.63) is 88.5 Å². The number of amides is 1. The fourth-order valence-corrected chi connectivity index (χ4v) is 3.98. The number of anilines is 1. The maximum absolute atomic E-state index is 12.5. The number of rotatable bonds is 6. The average molecular weight is 431 g/mol. The Bertz CT molecular complexity index is 1280. The van der Waals surface area contributed by atoms with Crippen LogP contribution in [0.5, 0.6) is 5.75 Å². The molecule has 0 saturated carbocycles. The van der Waals surface area contributed by atoms with Crippen LogP contribution in [0.4, 0.5) is 11.4 Å². The van der Waals surface area contributed by atoms with Crippen molar-refractivity contribution in [1.29, 1.82) is 0 Å². The Morgan fingerprint density at radius 3 is 2.74 bits per heavy atom. The van der Waals surface area contributed by atoms with Crippen LogP contribution >= 0.6 is 11.3 Å². The van der Waals surface area contributed by atoms with Crippen LogP contribution in [0.3, 0.4) is 0 Å². The molecule has 0 fully saturated rings. The first-order chi connectivity index (χ1) is 15.0. The zero-order valence-electron chi connectivity index (χ0n) is 16.4. The molecule has 4 aromatic rings. The molecule has 1 N–H and O–H groups in total. The van der Waals surface area contributed by atoms with Crippen LogP contribution < -0.4 is 10.1 Å². The summed E-state index contributed by atoms with van der Waals surface area (Å²) in [5.74, 6) is 0.133. The van der Waals surface area contributed by atoms with Gasteiger partial charge in [-0.15, -0.1) is 11.3 Å². The number of nitrogens with one attached hydrogen (secondary N) is 1. The molecule has 0 bridgehead atoms. The van der Waals surface area contributed by atoms with Crippen molar-refractivity contribution < 1.29 is 14.5 Å². The molecule has 0 aliphatic rings.